The second-order valence-electron chi connectivity index (χ2n) is 6.37. The van der Waals surface area contributed by atoms with Gasteiger partial charge in [0.25, 0.3) is 0 Å². The van der Waals surface area contributed by atoms with Gasteiger partial charge < -0.3 is 11.1 Å². The molecule has 3 aromatic heterocycles. The lowest BCUT2D eigenvalue weighted by Gasteiger charge is -2.15. The van der Waals surface area contributed by atoms with Crippen LogP contribution < -0.4 is 11.1 Å². The number of nitrogens with zero attached hydrogens (tertiary/aromatic N) is 5. The summed E-state index contributed by atoms with van der Waals surface area (Å²) in [4.78, 5) is 13.2. The third-order valence-corrected chi connectivity index (χ3v) is 4.80. The molecular weight excluding hydrogens is 326 g/mol. The van der Waals surface area contributed by atoms with E-state index in [1.54, 1.807) is 17.0 Å². The molecule has 0 radical (unpaired) electrons. The Morgan fingerprint density at radius 2 is 2.08 bits per heavy atom. The van der Waals surface area contributed by atoms with Crippen molar-refractivity contribution in [2.24, 2.45) is 0 Å². The van der Waals surface area contributed by atoms with Gasteiger partial charge in [0.15, 0.2) is 11.5 Å². The highest BCUT2D eigenvalue weighted by molar-refractivity contribution is 5.84. The van der Waals surface area contributed by atoms with Crippen LogP contribution in [0.25, 0.3) is 16.9 Å². The Balaban J connectivity index is 0.000001000. The zero-order valence-corrected chi connectivity index (χ0v) is 14.0. The third-order valence-electron chi connectivity index (χ3n) is 4.80. The van der Waals surface area contributed by atoms with E-state index in [-0.39, 0.29) is 10.3 Å². The highest BCUT2D eigenvalue weighted by atomic mass is 15.3. The van der Waals surface area contributed by atoms with Crippen LogP contribution in [-0.2, 0) is 6.42 Å². The van der Waals surface area contributed by atoms with Gasteiger partial charge in [0.05, 0.1) is 17.3 Å². The number of nitrogens with one attached hydrogen (secondary N) is 1. The summed E-state index contributed by atoms with van der Waals surface area (Å²) in [6.07, 6.45) is 7.22. The van der Waals surface area contributed by atoms with Gasteiger partial charge in [0.2, 0.25) is 0 Å². The van der Waals surface area contributed by atoms with Gasteiger partial charge >= 0.3 is 0 Å². The Morgan fingerprint density at radius 3 is 3.04 bits per heavy atom. The van der Waals surface area contributed by atoms with E-state index < -0.39 is 0 Å². The second kappa shape index (κ2) is 5.80. The smallest absolute Gasteiger partial charge is 0.166 e. The van der Waals surface area contributed by atoms with Crippen LogP contribution in [0.3, 0.4) is 0 Å². The number of fused-ring (bicyclic) bond motifs is 2. The van der Waals surface area contributed by atoms with E-state index in [0.717, 1.165) is 24.2 Å². The lowest BCUT2D eigenvalue weighted by molar-refractivity contribution is 0.756. The Kier molecular flexibility index (Phi) is 3.31. The summed E-state index contributed by atoms with van der Waals surface area (Å²) in [6, 6.07) is 12.5. The van der Waals surface area contributed by atoms with Gasteiger partial charge in [-0.3, -0.25) is 0 Å². The molecule has 1 atom stereocenters. The SMILES string of the molecule is Nc1nn2cccnc2c1-c1cc(N[C@@H]2CCc3ccccc32)ncn1.[HH].[HH].[HH]. The molecule has 5 rings (SSSR count). The second-order valence-corrected chi connectivity index (χ2v) is 6.37. The number of nitrogen functional groups attached to an aromatic ring is 1. The number of anilines is 2. The van der Waals surface area contributed by atoms with Gasteiger partial charge in [-0.25, -0.2) is 19.5 Å². The molecule has 0 bridgehead atoms. The molecular formula is C19H23N7. The number of benzene rings is 1. The van der Waals surface area contributed by atoms with Crippen molar-refractivity contribution >= 4 is 17.3 Å². The van der Waals surface area contributed by atoms with Crippen LogP contribution in [0.2, 0.25) is 0 Å². The summed E-state index contributed by atoms with van der Waals surface area (Å²) < 4.78 is 1.66. The van der Waals surface area contributed by atoms with E-state index >= 15 is 0 Å². The maximum Gasteiger partial charge on any atom is 0.166 e. The molecule has 0 aliphatic heterocycles. The number of nitrogens with two attached hydrogens (primary N) is 1. The molecule has 1 aliphatic carbocycles. The quantitative estimate of drug-likeness (QED) is 0.587. The van der Waals surface area contributed by atoms with Crippen LogP contribution in [0.15, 0.2) is 55.1 Å². The average molecular weight is 349 g/mol. The van der Waals surface area contributed by atoms with Crippen LogP contribution in [0.5, 0.6) is 0 Å². The van der Waals surface area contributed by atoms with Gasteiger partial charge in [0, 0.05) is 22.7 Å². The van der Waals surface area contributed by atoms with Crippen LogP contribution in [0.1, 0.15) is 27.9 Å². The molecule has 4 aromatic rings. The van der Waals surface area contributed by atoms with E-state index in [4.69, 9.17) is 5.73 Å². The summed E-state index contributed by atoms with van der Waals surface area (Å²) >= 11 is 0. The van der Waals surface area contributed by atoms with Gasteiger partial charge in [-0.1, -0.05) is 24.3 Å². The zero-order valence-electron chi connectivity index (χ0n) is 14.0. The zero-order chi connectivity index (χ0) is 17.5. The number of hydrogen-bond acceptors (Lipinski definition) is 6. The molecule has 0 amide bonds. The first kappa shape index (κ1) is 14.8. The van der Waals surface area contributed by atoms with Crippen LogP contribution in [0.4, 0.5) is 11.6 Å². The normalized spacial score (nSPS) is 15.9. The highest BCUT2D eigenvalue weighted by Gasteiger charge is 2.22. The Labute approximate surface area is 154 Å². The molecule has 0 unspecified atom stereocenters. The largest absolute Gasteiger partial charge is 0.382 e. The first-order valence-corrected chi connectivity index (χ1v) is 8.55. The maximum absolute atomic E-state index is 6.11. The van der Waals surface area contributed by atoms with Crippen molar-refractivity contribution in [2.45, 2.75) is 18.9 Å². The maximum atomic E-state index is 6.11. The van der Waals surface area contributed by atoms with Gasteiger partial charge in [-0.05, 0) is 30.0 Å². The Morgan fingerprint density at radius 1 is 1.15 bits per heavy atom. The number of hydrogen-bond donors (Lipinski definition) is 2. The molecule has 7 heteroatoms. The van der Waals surface area contributed by atoms with E-state index in [1.807, 2.05) is 18.3 Å². The summed E-state index contributed by atoms with van der Waals surface area (Å²) in [5.41, 5.74) is 11.0. The summed E-state index contributed by atoms with van der Waals surface area (Å²) in [7, 11) is 0. The predicted octanol–water partition coefficient (Wildman–Crippen LogP) is 3.61. The first-order valence-electron chi connectivity index (χ1n) is 8.55. The average Bonchev–Trinajstić information content (AvgIpc) is 3.22. The molecule has 26 heavy (non-hydrogen) atoms. The van der Waals surface area contributed by atoms with Crippen LogP contribution in [-0.4, -0.2) is 24.6 Å². The molecule has 0 saturated heterocycles. The number of rotatable bonds is 3. The van der Waals surface area contributed by atoms with Gasteiger partial charge in [-0.2, -0.15) is 0 Å². The molecule has 1 aliphatic rings. The number of aromatic nitrogens is 5. The highest BCUT2D eigenvalue weighted by Crippen LogP contribution is 2.34. The minimum atomic E-state index is 0. The Bertz CT molecular complexity index is 1120. The summed E-state index contributed by atoms with van der Waals surface area (Å²) in [5.74, 6) is 1.17. The summed E-state index contributed by atoms with van der Waals surface area (Å²) in [5, 5.41) is 7.83. The molecule has 3 N–H and O–H groups in total. The van der Waals surface area contributed by atoms with E-state index in [1.165, 1.54) is 11.1 Å². The first-order chi connectivity index (χ1) is 12.8. The molecule has 134 valence electrons. The van der Waals surface area contributed by atoms with Crippen LogP contribution >= 0.6 is 0 Å². The molecule has 3 heterocycles. The minimum Gasteiger partial charge on any atom is -0.382 e. The van der Waals surface area contributed by atoms with Gasteiger partial charge in [-0.15, -0.1) is 5.10 Å². The topological polar surface area (TPSA) is 94.0 Å². The molecule has 0 saturated carbocycles. The fourth-order valence-electron chi connectivity index (χ4n) is 3.61. The lowest BCUT2D eigenvalue weighted by Crippen LogP contribution is -2.08. The van der Waals surface area contributed by atoms with Crippen molar-refractivity contribution in [1.29, 1.82) is 0 Å². The van der Waals surface area contributed by atoms with E-state index in [9.17, 15) is 0 Å². The molecule has 0 spiro atoms. The molecule has 0 fully saturated rings. The standard InChI is InChI=1S/C19H17N7.3H2/c20-18-17(19-21-8-3-9-26(19)25-18)15-10-16(23-11-22-15)24-14-7-6-12-4-1-2-5-13(12)14;;;/h1-5,8-11,14H,6-7H2,(H2,20,25)(H,22,23,24);3*1H/t14-;;;/m1.../s1. The van der Waals surface area contributed by atoms with Crippen LogP contribution in [0, 0.1) is 0 Å². The fourth-order valence-corrected chi connectivity index (χ4v) is 3.61. The van der Waals surface area contributed by atoms with E-state index in [2.05, 4.69) is 49.6 Å². The lowest BCUT2D eigenvalue weighted by atomic mass is 10.1. The van der Waals surface area contributed by atoms with Gasteiger partial charge in [0.1, 0.15) is 12.1 Å². The monoisotopic (exact) mass is 349 g/mol. The number of aryl methyl sites for hydroxylation is 1. The third kappa shape index (κ3) is 2.36. The van der Waals surface area contributed by atoms with Crippen molar-refractivity contribution < 1.29 is 4.28 Å². The van der Waals surface area contributed by atoms with Crippen molar-refractivity contribution in [2.75, 3.05) is 11.1 Å². The fraction of sp³-hybridized carbons (Fsp3) is 0.158. The van der Waals surface area contributed by atoms with Crippen molar-refractivity contribution in [3.05, 3.63) is 66.2 Å². The minimum absolute atomic E-state index is 0. The molecule has 1 aromatic carbocycles. The van der Waals surface area contributed by atoms with Crippen molar-refractivity contribution in [3.63, 3.8) is 0 Å². The Hall–Kier alpha value is -3.48. The summed E-state index contributed by atoms with van der Waals surface area (Å²) in [6.45, 7) is 0. The van der Waals surface area contributed by atoms with E-state index in [0.29, 0.717) is 17.2 Å². The molecule has 7 nitrogen and oxygen atoms in total. The predicted molar refractivity (Wildman–Crippen MR) is 106 cm³/mol. The van der Waals surface area contributed by atoms with Crippen molar-refractivity contribution in [3.8, 4) is 11.3 Å². The van der Waals surface area contributed by atoms with Crippen molar-refractivity contribution in [1.82, 2.24) is 24.6 Å².